The van der Waals surface area contributed by atoms with E-state index in [1.165, 1.54) is 5.56 Å². The van der Waals surface area contributed by atoms with E-state index in [0.717, 1.165) is 26.3 Å². The van der Waals surface area contributed by atoms with E-state index in [-0.39, 0.29) is 6.04 Å². The van der Waals surface area contributed by atoms with E-state index in [1.807, 2.05) is 17.5 Å². The van der Waals surface area contributed by atoms with Gasteiger partial charge in [0, 0.05) is 15.9 Å². The van der Waals surface area contributed by atoms with Crippen LogP contribution in [-0.2, 0) is 0 Å². The summed E-state index contributed by atoms with van der Waals surface area (Å²) in [7, 11) is 1.67. The van der Waals surface area contributed by atoms with Gasteiger partial charge in [0.05, 0.1) is 12.5 Å². The molecule has 108 valence electrons. The molecule has 1 unspecified atom stereocenters. The maximum atomic E-state index is 5.18. The van der Waals surface area contributed by atoms with Crippen molar-refractivity contribution in [1.29, 1.82) is 0 Å². The van der Waals surface area contributed by atoms with Gasteiger partial charge in [0.2, 0.25) is 0 Å². The molecular formula is C15H14BrN3OS. The number of fused-ring (bicyclic) bond motifs is 1. The zero-order valence-corrected chi connectivity index (χ0v) is 14.0. The highest BCUT2D eigenvalue weighted by Gasteiger charge is 2.12. The van der Waals surface area contributed by atoms with Gasteiger partial charge < -0.3 is 10.1 Å². The van der Waals surface area contributed by atoms with Crippen molar-refractivity contribution in [1.82, 2.24) is 9.97 Å². The standard InChI is InChI=1S/C15H14BrN3OS/c1-9(10-3-5-11(20-2)6-4-10)19-14-13-12(16)7-21-15(13)18-8-17-14/h3-9H,1-2H3,(H,17,18,19). The number of methoxy groups -OCH3 is 1. The predicted molar refractivity (Wildman–Crippen MR) is 90.1 cm³/mol. The number of anilines is 1. The van der Waals surface area contributed by atoms with Crippen LogP contribution in [0.5, 0.6) is 5.75 Å². The van der Waals surface area contributed by atoms with Crippen LogP contribution in [0.2, 0.25) is 0 Å². The predicted octanol–water partition coefficient (Wildman–Crippen LogP) is 4.64. The fourth-order valence-electron chi connectivity index (χ4n) is 2.13. The number of ether oxygens (including phenoxy) is 1. The third-order valence-corrected chi connectivity index (χ3v) is 5.11. The van der Waals surface area contributed by atoms with Crippen LogP contribution in [0.4, 0.5) is 5.82 Å². The molecule has 0 fully saturated rings. The minimum atomic E-state index is 0.140. The van der Waals surface area contributed by atoms with Gasteiger partial charge in [-0.2, -0.15) is 0 Å². The molecule has 1 atom stereocenters. The second-order valence-corrected chi connectivity index (χ2v) is 6.34. The summed E-state index contributed by atoms with van der Waals surface area (Å²) in [6.07, 6.45) is 1.59. The molecule has 0 saturated carbocycles. The summed E-state index contributed by atoms with van der Waals surface area (Å²) in [4.78, 5) is 9.63. The lowest BCUT2D eigenvalue weighted by molar-refractivity contribution is 0.414. The molecule has 0 bridgehead atoms. The molecule has 0 radical (unpaired) electrons. The molecule has 21 heavy (non-hydrogen) atoms. The highest BCUT2D eigenvalue weighted by molar-refractivity contribution is 9.10. The molecule has 0 amide bonds. The summed E-state index contributed by atoms with van der Waals surface area (Å²) in [5.74, 6) is 1.70. The Kier molecular flexibility index (Phi) is 4.07. The number of aromatic nitrogens is 2. The van der Waals surface area contributed by atoms with Crippen molar-refractivity contribution in [2.45, 2.75) is 13.0 Å². The van der Waals surface area contributed by atoms with Gasteiger partial charge in [0.25, 0.3) is 0 Å². The summed E-state index contributed by atoms with van der Waals surface area (Å²) in [5, 5.41) is 6.51. The Hall–Kier alpha value is -1.66. The minimum absolute atomic E-state index is 0.140. The molecule has 0 aliphatic heterocycles. The van der Waals surface area contributed by atoms with Crippen LogP contribution in [0.25, 0.3) is 10.2 Å². The van der Waals surface area contributed by atoms with E-state index in [9.17, 15) is 0 Å². The van der Waals surface area contributed by atoms with Crippen molar-refractivity contribution in [2.75, 3.05) is 12.4 Å². The molecule has 0 saturated heterocycles. The first kappa shape index (κ1) is 14.3. The van der Waals surface area contributed by atoms with Gasteiger partial charge in [0.1, 0.15) is 22.7 Å². The monoisotopic (exact) mass is 363 g/mol. The number of halogens is 1. The van der Waals surface area contributed by atoms with Gasteiger partial charge >= 0.3 is 0 Å². The molecule has 0 aliphatic rings. The van der Waals surface area contributed by atoms with Crippen LogP contribution in [-0.4, -0.2) is 17.1 Å². The highest BCUT2D eigenvalue weighted by Crippen LogP contribution is 2.34. The highest BCUT2D eigenvalue weighted by atomic mass is 79.9. The maximum Gasteiger partial charge on any atom is 0.139 e. The Labute approximate surface area is 135 Å². The van der Waals surface area contributed by atoms with Gasteiger partial charge in [-0.05, 0) is 40.5 Å². The third kappa shape index (κ3) is 2.87. The van der Waals surface area contributed by atoms with E-state index in [0.29, 0.717) is 0 Å². The quantitative estimate of drug-likeness (QED) is 0.733. The van der Waals surface area contributed by atoms with Gasteiger partial charge in [-0.15, -0.1) is 11.3 Å². The van der Waals surface area contributed by atoms with Crippen molar-refractivity contribution in [3.63, 3.8) is 0 Å². The number of nitrogens with zero attached hydrogens (tertiary/aromatic N) is 2. The molecule has 1 aromatic carbocycles. The maximum absolute atomic E-state index is 5.18. The number of rotatable bonds is 4. The van der Waals surface area contributed by atoms with Gasteiger partial charge in [-0.1, -0.05) is 12.1 Å². The number of hydrogen-bond donors (Lipinski definition) is 1. The summed E-state index contributed by atoms with van der Waals surface area (Å²) in [6, 6.07) is 8.17. The van der Waals surface area contributed by atoms with Crippen LogP contribution >= 0.6 is 27.3 Å². The molecule has 0 spiro atoms. The van der Waals surface area contributed by atoms with Crippen LogP contribution in [0.3, 0.4) is 0 Å². The fourth-order valence-corrected chi connectivity index (χ4v) is 3.68. The SMILES string of the molecule is COc1ccc(C(C)Nc2ncnc3scc(Br)c23)cc1. The number of hydrogen-bond acceptors (Lipinski definition) is 5. The zero-order valence-electron chi connectivity index (χ0n) is 11.6. The van der Waals surface area contributed by atoms with Gasteiger partial charge in [0.15, 0.2) is 0 Å². The van der Waals surface area contributed by atoms with Gasteiger partial charge in [-0.3, -0.25) is 0 Å². The Morgan fingerprint density at radius 3 is 2.71 bits per heavy atom. The summed E-state index contributed by atoms with van der Waals surface area (Å²) in [5.41, 5.74) is 1.17. The van der Waals surface area contributed by atoms with Crippen molar-refractivity contribution in [2.24, 2.45) is 0 Å². The minimum Gasteiger partial charge on any atom is -0.497 e. The second kappa shape index (κ2) is 5.99. The van der Waals surface area contributed by atoms with E-state index in [2.05, 4.69) is 50.3 Å². The van der Waals surface area contributed by atoms with E-state index >= 15 is 0 Å². The molecule has 3 rings (SSSR count). The molecule has 3 aromatic rings. The van der Waals surface area contributed by atoms with Crippen LogP contribution in [0, 0.1) is 0 Å². The van der Waals surface area contributed by atoms with E-state index < -0.39 is 0 Å². The molecule has 6 heteroatoms. The molecular weight excluding hydrogens is 350 g/mol. The van der Waals surface area contributed by atoms with Crippen molar-refractivity contribution < 1.29 is 4.74 Å². The zero-order chi connectivity index (χ0) is 14.8. The van der Waals surface area contributed by atoms with Crippen molar-refractivity contribution >= 4 is 43.3 Å². The lowest BCUT2D eigenvalue weighted by atomic mass is 10.1. The smallest absolute Gasteiger partial charge is 0.139 e. The third-order valence-electron chi connectivity index (χ3n) is 3.29. The molecule has 2 aromatic heterocycles. The van der Waals surface area contributed by atoms with E-state index in [1.54, 1.807) is 24.8 Å². The van der Waals surface area contributed by atoms with Crippen LogP contribution < -0.4 is 10.1 Å². The first-order valence-corrected chi connectivity index (χ1v) is 8.14. The largest absolute Gasteiger partial charge is 0.497 e. The normalized spacial score (nSPS) is 12.3. The molecule has 4 nitrogen and oxygen atoms in total. The summed E-state index contributed by atoms with van der Waals surface area (Å²) in [6.45, 7) is 2.11. The second-order valence-electron chi connectivity index (χ2n) is 4.63. The first-order chi connectivity index (χ1) is 10.2. The Balaban J connectivity index is 1.88. The van der Waals surface area contributed by atoms with Crippen molar-refractivity contribution in [3.05, 3.63) is 46.0 Å². The van der Waals surface area contributed by atoms with Gasteiger partial charge in [-0.25, -0.2) is 9.97 Å². The fraction of sp³-hybridized carbons (Fsp3) is 0.200. The number of benzene rings is 1. The first-order valence-electron chi connectivity index (χ1n) is 6.47. The molecule has 2 heterocycles. The van der Waals surface area contributed by atoms with Crippen molar-refractivity contribution in [3.8, 4) is 5.75 Å². The molecule has 0 aliphatic carbocycles. The summed E-state index contributed by atoms with van der Waals surface area (Å²) >= 11 is 5.16. The number of nitrogens with one attached hydrogen (secondary N) is 1. The Morgan fingerprint density at radius 1 is 1.24 bits per heavy atom. The van der Waals surface area contributed by atoms with E-state index in [4.69, 9.17) is 4.74 Å². The lowest BCUT2D eigenvalue weighted by Crippen LogP contribution is -2.08. The Bertz CT molecular complexity index is 757. The lowest BCUT2D eigenvalue weighted by Gasteiger charge is -2.16. The average Bonchev–Trinajstić information content (AvgIpc) is 2.90. The summed E-state index contributed by atoms with van der Waals surface area (Å²) < 4.78 is 6.21. The van der Waals surface area contributed by atoms with Crippen LogP contribution in [0.15, 0.2) is 40.4 Å². The topological polar surface area (TPSA) is 47.0 Å². The Morgan fingerprint density at radius 2 is 2.00 bits per heavy atom. The average molecular weight is 364 g/mol. The number of thiophene rings is 1. The van der Waals surface area contributed by atoms with Crippen LogP contribution in [0.1, 0.15) is 18.5 Å². The molecule has 1 N–H and O–H groups in total.